The minimum Gasteiger partial charge on any atom is -0.465 e. The lowest BCUT2D eigenvalue weighted by Crippen LogP contribution is -2.17. The maximum Gasteiger partial charge on any atom is 0.350 e. The number of esters is 1. The lowest BCUT2D eigenvalue weighted by atomic mass is 10.2. The predicted octanol–water partition coefficient (Wildman–Crippen LogP) is 5.53. The van der Waals surface area contributed by atoms with Gasteiger partial charge in [0.05, 0.1) is 18.1 Å². The number of aryl methyl sites for hydroxylation is 2. The van der Waals surface area contributed by atoms with Crippen LogP contribution in [0.1, 0.15) is 20.8 Å². The molecule has 0 saturated carbocycles. The summed E-state index contributed by atoms with van der Waals surface area (Å²) in [7, 11) is -0.866. The highest BCUT2D eigenvalue weighted by Gasteiger charge is 2.30. The van der Waals surface area contributed by atoms with Crippen LogP contribution in [0.25, 0.3) is 10.4 Å². The van der Waals surface area contributed by atoms with E-state index in [-0.39, 0.29) is 10.7 Å². The van der Waals surface area contributed by atoms with Crippen molar-refractivity contribution >= 4 is 35.8 Å². The van der Waals surface area contributed by atoms with Gasteiger partial charge in [-0.2, -0.15) is 0 Å². The van der Waals surface area contributed by atoms with Crippen molar-refractivity contribution in [2.24, 2.45) is 0 Å². The van der Waals surface area contributed by atoms with Gasteiger partial charge >= 0.3 is 13.5 Å². The first kappa shape index (κ1) is 21.2. The number of thiophene rings is 1. The summed E-state index contributed by atoms with van der Waals surface area (Å²) in [6.45, 7) is 3.81. The second-order valence-electron chi connectivity index (χ2n) is 6.49. The Morgan fingerprint density at radius 2 is 1.76 bits per heavy atom. The van der Waals surface area contributed by atoms with Gasteiger partial charge in [-0.3, -0.25) is 4.57 Å². The molecular formula is C21H21FNO4PS. The highest BCUT2D eigenvalue weighted by Crippen LogP contribution is 2.48. The molecule has 1 unspecified atom stereocenters. The molecule has 3 aromatic rings. The molecule has 0 spiro atoms. The van der Waals surface area contributed by atoms with Crippen molar-refractivity contribution in [1.29, 1.82) is 0 Å². The van der Waals surface area contributed by atoms with E-state index in [4.69, 9.17) is 9.26 Å². The number of carbonyl (C=O) groups is 1. The second kappa shape index (κ2) is 8.49. The SMILES string of the molecule is COC(=O)c1sc(-c2ccc(F)cc2)cc1NP(=O)(OC)c1ccc(C)cc1C. The first-order valence-electron chi connectivity index (χ1n) is 8.77. The molecule has 0 radical (unpaired) electrons. The average molecular weight is 433 g/mol. The Morgan fingerprint density at radius 3 is 2.34 bits per heavy atom. The third-order valence-corrected chi connectivity index (χ3v) is 7.78. The van der Waals surface area contributed by atoms with Crippen molar-refractivity contribution < 1.29 is 23.0 Å². The van der Waals surface area contributed by atoms with Crippen LogP contribution in [-0.2, 0) is 13.8 Å². The van der Waals surface area contributed by atoms with Gasteiger partial charge in [-0.15, -0.1) is 11.3 Å². The van der Waals surface area contributed by atoms with Gasteiger partial charge in [-0.25, -0.2) is 9.18 Å². The van der Waals surface area contributed by atoms with Crippen LogP contribution in [0.3, 0.4) is 0 Å². The highest BCUT2D eigenvalue weighted by atomic mass is 32.1. The summed E-state index contributed by atoms with van der Waals surface area (Å²) in [5.41, 5.74) is 2.93. The topological polar surface area (TPSA) is 64.6 Å². The van der Waals surface area contributed by atoms with Crippen LogP contribution < -0.4 is 10.4 Å². The molecule has 3 rings (SSSR count). The normalized spacial score (nSPS) is 13.0. The number of hydrogen-bond acceptors (Lipinski definition) is 5. The molecule has 0 aliphatic rings. The first-order valence-corrected chi connectivity index (χ1v) is 11.2. The third kappa shape index (κ3) is 4.42. The molecule has 0 aliphatic carbocycles. The van der Waals surface area contributed by atoms with Crippen molar-refractivity contribution in [3.05, 3.63) is 70.4 Å². The summed E-state index contributed by atoms with van der Waals surface area (Å²) in [5.74, 6) is -0.912. The minimum atomic E-state index is -3.51. The largest absolute Gasteiger partial charge is 0.465 e. The van der Waals surface area contributed by atoms with Gasteiger partial charge < -0.3 is 14.3 Å². The van der Waals surface area contributed by atoms with Crippen molar-refractivity contribution in [1.82, 2.24) is 0 Å². The van der Waals surface area contributed by atoms with Crippen molar-refractivity contribution in [3.63, 3.8) is 0 Å². The number of carbonyl (C=O) groups excluding carboxylic acids is 1. The van der Waals surface area contributed by atoms with Crippen LogP contribution in [0.15, 0.2) is 48.5 Å². The van der Waals surface area contributed by atoms with Gasteiger partial charge in [-0.05, 0) is 49.2 Å². The number of anilines is 1. The molecule has 0 saturated heterocycles. The summed E-state index contributed by atoms with van der Waals surface area (Å²) in [6.07, 6.45) is 0. The van der Waals surface area contributed by atoms with E-state index in [1.807, 2.05) is 26.0 Å². The van der Waals surface area contributed by atoms with Crippen molar-refractivity contribution in [3.8, 4) is 10.4 Å². The zero-order valence-electron chi connectivity index (χ0n) is 16.5. The fourth-order valence-electron chi connectivity index (χ4n) is 2.97. The van der Waals surface area contributed by atoms with E-state index in [1.165, 1.54) is 37.7 Å². The number of halogens is 1. The zero-order chi connectivity index (χ0) is 21.2. The number of benzene rings is 2. The summed E-state index contributed by atoms with van der Waals surface area (Å²) < 4.78 is 37.1. The van der Waals surface area contributed by atoms with Crippen LogP contribution >= 0.6 is 18.9 Å². The molecule has 29 heavy (non-hydrogen) atoms. The molecule has 5 nitrogen and oxygen atoms in total. The zero-order valence-corrected chi connectivity index (χ0v) is 18.2. The molecular weight excluding hydrogens is 412 g/mol. The molecule has 1 atom stereocenters. The Bertz CT molecular complexity index is 1090. The number of ether oxygens (including phenoxy) is 1. The van der Waals surface area contributed by atoms with E-state index in [0.717, 1.165) is 16.7 Å². The van der Waals surface area contributed by atoms with Crippen LogP contribution in [-0.4, -0.2) is 20.2 Å². The maximum absolute atomic E-state index is 13.6. The second-order valence-corrected chi connectivity index (χ2v) is 9.71. The smallest absolute Gasteiger partial charge is 0.350 e. The molecule has 1 aromatic heterocycles. The van der Waals surface area contributed by atoms with Crippen LogP contribution in [0.2, 0.25) is 0 Å². The summed E-state index contributed by atoms with van der Waals surface area (Å²) >= 11 is 1.17. The monoisotopic (exact) mass is 433 g/mol. The predicted molar refractivity (Wildman–Crippen MR) is 115 cm³/mol. The fraction of sp³-hybridized carbons (Fsp3) is 0.190. The lowest BCUT2D eigenvalue weighted by Gasteiger charge is -2.20. The van der Waals surface area contributed by atoms with E-state index in [1.54, 1.807) is 24.3 Å². The Hall–Kier alpha value is -2.47. The van der Waals surface area contributed by atoms with Gasteiger partial charge in [0.1, 0.15) is 10.7 Å². The summed E-state index contributed by atoms with van der Waals surface area (Å²) in [4.78, 5) is 13.3. The number of nitrogens with one attached hydrogen (secondary N) is 1. The Balaban J connectivity index is 2.07. The van der Waals surface area contributed by atoms with Gasteiger partial charge in [-0.1, -0.05) is 29.8 Å². The third-order valence-electron chi connectivity index (χ3n) is 4.43. The summed E-state index contributed by atoms with van der Waals surface area (Å²) in [5, 5.41) is 3.46. The molecule has 1 N–H and O–H groups in total. The van der Waals surface area contributed by atoms with E-state index in [9.17, 15) is 13.8 Å². The molecule has 152 valence electrons. The quantitative estimate of drug-likeness (QED) is 0.409. The Labute approximate surface area is 173 Å². The molecule has 1 heterocycles. The van der Waals surface area contributed by atoms with Crippen molar-refractivity contribution in [2.75, 3.05) is 19.3 Å². The van der Waals surface area contributed by atoms with Gasteiger partial charge in [0, 0.05) is 12.0 Å². The summed E-state index contributed by atoms with van der Waals surface area (Å²) in [6, 6.07) is 13.1. The highest BCUT2D eigenvalue weighted by molar-refractivity contribution is 7.68. The maximum atomic E-state index is 13.6. The number of rotatable bonds is 6. The number of methoxy groups -OCH3 is 1. The first-order chi connectivity index (χ1) is 13.8. The van der Waals surface area contributed by atoms with Crippen LogP contribution in [0.5, 0.6) is 0 Å². The van der Waals surface area contributed by atoms with Gasteiger partial charge in [0.2, 0.25) is 0 Å². The van der Waals surface area contributed by atoms with E-state index in [2.05, 4.69) is 5.09 Å². The Kier molecular flexibility index (Phi) is 6.22. The molecule has 8 heteroatoms. The lowest BCUT2D eigenvalue weighted by molar-refractivity contribution is 0.0607. The van der Waals surface area contributed by atoms with Crippen LogP contribution in [0.4, 0.5) is 10.1 Å². The molecule has 2 aromatic carbocycles. The van der Waals surface area contributed by atoms with E-state index >= 15 is 0 Å². The van der Waals surface area contributed by atoms with Gasteiger partial charge in [0.15, 0.2) is 0 Å². The molecule has 0 fully saturated rings. The number of hydrogen-bond donors (Lipinski definition) is 1. The van der Waals surface area contributed by atoms with Crippen molar-refractivity contribution in [2.45, 2.75) is 13.8 Å². The fourth-order valence-corrected chi connectivity index (χ4v) is 5.79. The van der Waals surface area contributed by atoms with Crippen LogP contribution in [0, 0.1) is 19.7 Å². The van der Waals surface area contributed by atoms with E-state index in [0.29, 0.717) is 15.9 Å². The minimum absolute atomic E-state index is 0.258. The standard InChI is InChI=1S/C21H21FNO4PS/c1-13-5-10-18(14(2)11-13)28(25,27-4)23-17-12-19(29-20(17)21(24)26-3)15-6-8-16(22)9-7-15/h5-12H,1-4H3,(H,23,25). The molecule has 0 amide bonds. The Morgan fingerprint density at radius 1 is 1.07 bits per heavy atom. The van der Waals surface area contributed by atoms with E-state index < -0.39 is 13.5 Å². The molecule has 0 bridgehead atoms. The van der Waals surface area contributed by atoms with Gasteiger partial charge in [0.25, 0.3) is 0 Å². The molecule has 0 aliphatic heterocycles. The average Bonchev–Trinajstić information content (AvgIpc) is 3.11.